The number of carbonyl (C=O) groups is 1. The molecule has 92 valence electrons. The topological polar surface area (TPSA) is 20.3 Å². The van der Waals surface area contributed by atoms with Gasteiger partial charge in [-0.2, -0.15) is 0 Å². The first-order valence-electron chi connectivity index (χ1n) is 5.47. The first-order valence-corrected chi connectivity index (χ1v) is 6.54. The Kier molecular flexibility index (Phi) is 3.65. The summed E-state index contributed by atoms with van der Waals surface area (Å²) in [5, 5.41) is 0. The minimum absolute atomic E-state index is 0.0548. The summed E-state index contributed by atoms with van der Waals surface area (Å²) in [6.07, 6.45) is 1.78. The number of likely N-dealkylation sites (tertiary alicyclic amines) is 1. The average molecular weight is 351 g/mol. The van der Waals surface area contributed by atoms with Crippen molar-refractivity contribution in [2.45, 2.75) is 25.8 Å². The molecule has 1 fully saturated rings. The molecular formula is C12H12F2INO. The molecule has 2 nitrogen and oxygen atoms in total. The van der Waals surface area contributed by atoms with Crippen LogP contribution in [0.15, 0.2) is 12.1 Å². The zero-order valence-corrected chi connectivity index (χ0v) is 11.5. The molecule has 2 rings (SSSR count). The number of hydrogen-bond acceptors (Lipinski definition) is 1. The molecule has 1 aliphatic heterocycles. The van der Waals surface area contributed by atoms with Crippen molar-refractivity contribution in [1.29, 1.82) is 0 Å². The van der Waals surface area contributed by atoms with Crippen LogP contribution in [0.1, 0.15) is 30.1 Å². The van der Waals surface area contributed by atoms with Crippen LogP contribution in [-0.4, -0.2) is 23.4 Å². The molecular weight excluding hydrogens is 339 g/mol. The smallest absolute Gasteiger partial charge is 0.260 e. The molecule has 0 saturated carbocycles. The molecule has 0 aliphatic carbocycles. The highest BCUT2D eigenvalue weighted by molar-refractivity contribution is 14.1. The molecule has 17 heavy (non-hydrogen) atoms. The number of carbonyl (C=O) groups excluding carboxylic acids is 1. The summed E-state index contributed by atoms with van der Waals surface area (Å²) in [5.74, 6) is -2.08. The Morgan fingerprint density at radius 3 is 2.76 bits per heavy atom. The molecule has 0 unspecified atom stereocenters. The first-order chi connectivity index (χ1) is 8.02. The van der Waals surface area contributed by atoms with Crippen molar-refractivity contribution in [2.75, 3.05) is 6.54 Å². The quantitative estimate of drug-likeness (QED) is 0.562. The fourth-order valence-electron chi connectivity index (χ4n) is 2.10. The molecule has 0 radical (unpaired) electrons. The van der Waals surface area contributed by atoms with E-state index >= 15 is 0 Å². The van der Waals surface area contributed by atoms with Gasteiger partial charge < -0.3 is 4.90 Å². The first kappa shape index (κ1) is 12.7. The van der Waals surface area contributed by atoms with E-state index in [1.54, 1.807) is 22.6 Å². The van der Waals surface area contributed by atoms with Crippen molar-refractivity contribution >= 4 is 28.5 Å². The van der Waals surface area contributed by atoms with Crippen LogP contribution in [0.2, 0.25) is 0 Å². The lowest BCUT2D eigenvalue weighted by Gasteiger charge is -2.22. The molecule has 5 heteroatoms. The van der Waals surface area contributed by atoms with Crippen LogP contribution in [0.3, 0.4) is 0 Å². The molecule has 1 aromatic carbocycles. The molecule has 1 heterocycles. The highest BCUT2D eigenvalue weighted by atomic mass is 127. The summed E-state index contributed by atoms with van der Waals surface area (Å²) in [6.45, 7) is 2.47. The second-order valence-corrected chi connectivity index (χ2v) is 5.37. The van der Waals surface area contributed by atoms with Crippen LogP contribution in [0.4, 0.5) is 8.78 Å². The number of benzene rings is 1. The van der Waals surface area contributed by atoms with E-state index < -0.39 is 23.1 Å². The molecule has 1 aliphatic rings. The lowest BCUT2D eigenvalue weighted by atomic mass is 10.1. The van der Waals surface area contributed by atoms with Crippen LogP contribution in [0.25, 0.3) is 0 Å². The number of amides is 1. The van der Waals surface area contributed by atoms with Gasteiger partial charge >= 0.3 is 0 Å². The van der Waals surface area contributed by atoms with Crippen molar-refractivity contribution < 1.29 is 13.6 Å². The summed E-state index contributed by atoms with van der Waals surface area (Å²) >= 11 is 1.76. The summed E-state index contributed by atoms with van der Waals surface area (Å²) in [4.78, 5) is 13.6. The maximum absolute atomic E-state index is 13.8. The molecule has 0 N–H and O–H groups in total. The normalized spacial score (nSPS) is 19.8. The Hall–Kier alpha value is -0.720. The zero-order chi connectivity index (χ0) is 12.6. The molecule has 1 atom stereocenters. The van der Waals surface area contributed by atoms with Gasteiger partial charge in [-0.3, -0.25) is 4.79 Å². The van der Waals surface area contributed by atoms with Gasteiger partial charge in [-0.15, -0.1) is 0 Å². The third-order valence-electron chi connectivity index (χ3n) is 3.07. The van der Waals surface area contributed by atoms with E-state index in [4.69, 9.17) is 0 Å². The summed E-state index contributed by atoms with van der Waals surface area (Å²) in [7, 11) is 0. The SMILES string of the molecule is C[C@H]1CCCN1C(=O)c1c(F)ccc(I)c1F. The molecule has 0 bridgehead atoms. The lowest BCUT2D eigenvalue weighted by Crippen LogP contribution is -2.35. The van der Waals surface area contributed by atoms with Gasteiger partial charge in [0.25, 0.3) is 5.91 Å². The Morgan fingerprint density at radius 2 is 2.18 bits per heavy atom. The van der Waals surface area contributed by atoms with Crippen LogP contribution in [0, 0.1) is 15.2 Å². The van der Waals surface area contributed by atoms with Crippen LogP contribution < -0.4 is 0 Å². The van der Waals surface area contributed by atoms with Gasteiger partial charge in [0.2, 0.25) is 0 Å². The summed E-state index contributed by atoms with van der Waals surface area (Å²) < 4.78 is 27.6. The molecule has 1 saturated heterocycles. The molecule has 0 aromatic heterocycles. The third-order valence-corrected chi connectivity index (χ3v) is 3.90. The monoisotopic (exact) mass is 351 g/mol. The standard InChI is InChI=1S/C12H12F2INO/c1-7-3-2-6-16(7)12(17)10-8(13)4-5-9(15)11(10)14/h4-5,7H,2-3,6H2,1H3/t7-/m0/s1. The number of nitrogens with zero attached hydrogens (tertiary/aromatic N) is 1. The van der Waals surface area contributed by atoms with E-state index in [0.717, 1.165) is 18.9 Å². The van der Waals surface area contributed by atoms with Crippen molar-refractivity contribution in [3.05, 3.63) is 32.9 Å². The van der Waals surface area contributed by atoms with E-state index in [2.05, 4.69) is 0 Å². The van der Waals surface area contributed by atoms with Crippen molar-refractivity contribution in [3.8, 4) is 0 Å². The Labute approximate surface area is 112 Å². The van der Waals surface area contributed by atoms with E-state index in [1.807, 2.05) is 6.92 Å². The maximum Gasteiger partial charge on any atom is 0.260 e. The summed E-state index contributed by atoms with van der Waals surface area (Å²) in [6, 6.07) is 2.52. The Bertz CT molecular complexity index is 464. The van der Waals surface area contributed by atoms with Crippen LogP contribution >= 0.6 is 22.6 Å². The van der Waals surface area contributed by atoms with Crippen molar-refractivity contribution in [3.63, 3.8) is 0 Å². The molecule has 0 spiro atoms. The Morgan fingerprint density at radius 1 is 1.47 bits per heavy atom. The van der Waals surface area contributed by atoms with Crippen LogP contribution in [-0.2, 0) is 0 Å². The minimum atomic E-state index is -0.785. The predicted molar refractivity (Wildman–Crippen MR) is 68.8 cm³/mol. The zero-order valence-electron chi connectivity index (χ0n) is 9.34. The van der Waals surface area contributed by atoms with Gasteiger partial charge in [0.1, 0.15) is 11.4 Å². The van der Waals surface area contributed by atoms with Crippen LogP contribution in [0.5, 0.6) is 0 Å². The average Bonchev–Trinajstić information content (AvgIpc) is 2.70. The highest BCUT2D eigenvalue weighted by Gasteiger charge is 2.30. The third kappa shape index (κ3) is 2.29. The molecule has 1 aromatic rings. The lowest BCUT2D eigenvalue weighted by molar-refractivity contribution is 0.0737. The Balaban J connectivity index is 2.40. The van der Waals surface area contributed by atoms with E-state index in [1.165, 1.54) is 11.0 Å². The second-order valence-electron chi connectivity index (χ2n) is 4.21. The van der Waals surface area contributed by atoms with Gasteiger partial charge in [-0.1, -0.05) is 0 Å². The fourth-order valence-corrected chi connectivity index (χ4v) is 2.55. The maximum atomic E-state index is 13.8. The van der Waals surface area contributed by atoms with Crippen molar-refractivity contribution in [2.24, 2.45) is 0 Å². The number of halogens is 3. The highest BCUT2D eigenvalue weighted by Crippen LogP contribution is 2.24. The van der Waals surface area contributed by atoms with Crippen molar-refractivity contribution in [1.82, 2.24) is 4.90 Å². The number of hydrogen-bond donors (Lipinski definition) is 0. The fraction of sp³-hybridized carbons (Fsp3) is 0.417. The predicted octanol–water partition coefficient (Wildman–Crippen LogP) is 3.19. The van der Waals surface area contributed by atoms with Gasteiger partial charge in [-0.05, 0) is 54.5 Å². The number of rotatable bonds is 1. The van der Waals surface area contributed by atoms with Gasteiger partial charge in [0, 0.05) is 16.2 Å². The van der Waals surface area contributed by atoms with E-state index in [0.29, 0.717) is 6.54 Å². The minimum Gasteiger partial charge on any atom is -0.336 e. The molecule has 1 amide bonds. The van der Waals surface area contributed by atoms with E-state index in [9.17, 15) is 13.6 Å². The summed E-state index contributed by atoms with van der Waals surface area (Å²) in [5.41, 5.74) is -0.425. The van der Waals surface area contributed by atoms with Gasteiger partial charge in [0.15, 0.2) is 5.82 Å². The second kappa shape index (κ2) is 4.88. The van der Waals surface area contributed by atoms with E-state index in [-0.39, 0.29) is 9.61 Å². The van der Waals surface area contributed by atoms with Gasteiger partial charge in [0.05, 0.1) is 0 Å². The van der Waals surface area contributed by atoms with Gasteiger partial charge in [-0.25, -0.2) is 8.78 Å². The largest absolute Gasteiger partial charge is 0.336 e.